The van der Waals surface area contributed by atoms with Crippen molar-refractivity contribution in [3.63, 3.8) is 0 Å². The SMILES string of the molecule is CC(C)CC1CCC2C3CCC4C5COC[C@]4(C[C@H]4C[C@H]6OC(C)(C)O[C@@H]6O[C@H]54)C3=CC(=O)C2C1C(=O)O. The van der Waals surface area contributed by atoms with E-state index in [1.807, 2.05) is 19.9 Å². The Morgan fingerprint density at radius 1 is 1.13 bits per heavy atom. The topological polar surface area (TPSA) is 91.3 Å². The van der Waals surface area contributed by atoms with E-state index in [4.69, 9.17) is 18.9 Å². The lowest BCUT2D eigenvalue weighted by molar-refractivity contribution is -0.274. The van der Waals surface area contributed by atoms with E-state index in [1.54, 1.807) is 0 Å². The molecule has 6 fully saturated rings. The quantitative estimate of drug-likeness (QED) is 0.561. The van der Waals surface area contributed by atoms with E-state index in [1.165, 1.54) is 5.57 Å². The monoisotopic (exact) mass is 528 g/mol. The molecule has 3 saturated heterocycles. The molecule has 7 unspecified atom stereocenters. The number of rotatable bonds is 3. The summed E-state index contributed by atoms with van der Waals surface area (Å²) in [6.45, 7) is 9.59. The number of hydrogen-bond donors (Lipinski definition) is 1. The van der Waals surface area contributed by atoms with Gasteiger partial charge in [-0.1, -0.05) is 19.4 Å². The molecule has 38 heavy (non-hydrogen) atoms. The molecular weight excluding hydrogens is 484 g/mol. The molecule has 12 atom stereocenters. The fraction of sp³-hybridized carbons (Fsp3) is 0.871. The molecule has 0 aromatic heterocycles. The third kappa shape index (κ3) is 3.74. The predicted octanol–water partition coefficient (Wildman–Crippen LogP) is 4.83. The number of aliphatic carboxylic acids is 1. The molecule has 210 valence electrons. The maximum Gasteiger partial charge on any atom is 0.307 e. The number of carboxylic acid groups (broad SMARTS) is 1. The Morgan fingerprint density at radius 3 is 2.71 bits per heavy atom. The average Bonchev–Trinajstić information content (AvgIpc) is 3.14. The fourth-order valence-corrected chi connectivity index (χ4v) is 10.6. The van der Waals surface area contributed by atoms with E-state index in [2.05, 4.69) is 13.8 Å². The van der Waals surface area contributed by atoms with Crippen LogP contribution in [-0.2, 0) is 28.5 Å². The smallest absolute Gasteiger partial charge is 0.307 e. The highest BCUT2D eigenvalue weighted by Gasteiger charge is 2.65. The van der Waals surface area contributed by atoms with E-state index in [0.717, 1.165) is 44.9 Å². The van der Waals surface area contributed by atoms with Crippen molar-refractivity contribution in [2.75, 3.05) is 13.2 Å². The second-order valence-electron chi connectivity index (χ2n) is 14.5. The van der Waals surface area contributed by atoms with Crippen LogP contribution in [0.2, 0.25) is 0 Å². The molecule has 0 aromatic rings. The summed E-state index contributed by atoms with van der Waals surface area (Å²) in [4.78, 5) is 26.5. The average molecular weight is 529 g/mol. The van der Waals surface area contributed by atoms with E-state index in [0.29, 0.717) is 36.9 Å². The lowest BCUT2D eigenvalue weighted by atomic mass is 9.43. The van der Waals surface area contributed by atoms with Crippen molar-refractivity contribution in [3.05, 3.63) is 11.6 Å². The zero-order chi connectivity index (χ0) is 26.6. The van der Waals surface area contributed by atoms with Gasteiger partial charge in [0.05, 0.1) is 25.2 Å². The van der Waals surface area contributed by atoms with Gasteiger partial charge in [0, 0.05) is 17.3 Å². The normalized spacial score (nSPS) is 50.7. The molecule has 3 heterocycles. The fourth-order valence-electron chi connectivity index (χ4n) is 10.6. The van der Waals surface area contributed by atoms with Gasteiger partial charge in [0.2, 0.25) is 0 Å². The third-order valence-corrected chi connectivity index (χ3v) is 11.6. The van der Waals surface area contributed by atoms with E-state index < -0.39 is 17.7 Å². The molecule has 0 radical (unpaired) electrons. The van der Waals surface area contributed by atoms with Gasteiger partial charge < -0.3 is 24.1 Å². The molecule has 4 aliphatic carbocycles. The van der Waals surface area contributed by atoms with Crippen molar-refractivity contribution in [1.82, 2.24) is 0 Å². The summed E-state index contributed by atoms with van der Waals surface area (Å²) in [5, 5.41) is 10.3. The number of allylic oxidation sites excluding steroid dienone is 1. The van der Waals surface area contributed by atoms with Gasteiger partial charge in [-0.05, 0) is 100 Å². The van der Waals surface area contributed by atoms with Crippen LogP contribution in [0.1, 0.15) is 72.6 Å². The number of carbonyl (C=O) groups excluding carboxylic acids is 1. The van der Waals surface area contributed by atoms with Gasteiger partial charge >= 0.3 is 5.97 Å². The summed E-state index contributed by atoms with van der Waals surface area (Å²) >= 11 is 0. The van der Waals surface area contributed by atoms with Gasteiger partial charge in [0.25, 0.3) is 0 Å². The summed E-state index contributed by atoms with van der Waals surface area (Å²) in [6.07, 6.45) is 8.43. The van der Waals surface area contributed by atoms with Crippen molar-refractivity contribution < 1.29 is 33.6 Å². The van der Waals surface area contributed by atoms with Gasteiger partial charge in [-0.3, -0.25) is 9.59 Å². The van der Waals surface area contributed by atoms with Gasteiger partial charge in [-0.25, -0.2) is 0 Å². The highest BCUT2D eigenvalue weighted by Crippen LogP contribution is 2.66. The summed E-state index contributed by atoms with van der Waals surface area (Å²) < 4.78 is 25.3. The Kier molecular flexibility index (Phi) is 5.98. The lowest BCUT2D eigenvalue weighted by Gasteiger charge is -2.64. The molecule has 3 aliphatic heterocycles. The van der Waals surface area contributed by atoms with Crippen molar-refractivity contribution in [3.8, 4) is 0 Å². The Bertz CT molecular complexity index is 1030. The first-order valence-electron chi connectivity index (χ1n) is 15.2. The van der Waals surface area contributed by atoms with E-state index in [9.17, 15) is 14.7 Å². The Hall–Kier alpha value is -1.28. The molecule has 7 heteroatoms. The molecule has 1 N–H and O–H groups in total. The zero-order valence-corrected chi connectivity index (χ0v) is 23.3. The van der Waals surface area contributed by atoms with Crippen LogP contribution in [-0.4, -0.2) is 54.4 Å². The zero-order valence-electron chi connectivity index (χ0n) is 23.3. The maximum absolute atomic E-state index is 13.9. The van der Waals surface area contributed by atoms with Crippen LogP contribution in [0, 0.1) is 58.7 Å². The number of ketones is 1. The van der Waals surface area contributed by atoms with Gasteiger partial charge in [0.1, 0.15) is 6.10 Å². The van der Waals surface area contributed by atoms with E-state index >= 15 is 0 Å². The summed E-state index contributed by atoms with van der Waals surface area (Å²) in [5.74, 6) is -0.267. The van der Waals surface area contributed by atoms with Crippen LogP contribution < -0.4 is 0 Å². The molecule has 0 aromatic carbocycles. The highest BCUT2D eigenvalue weighted by molar-refractivity contribution is 5.97. The van der Waals surface area contributed by atoms with Crippen molar-refractivity contribution in [2.45, 2.75) is 96.9 Å². The van der Waals surface area contributed by atoms with Crippen LogP contribution in [0.15, 0.2) is 11.6 Å². The Morgan fingerprint density at radius 2 is 1.95 bits per heavy atom. The standard InChI is InChI=1S/C31H44O7/c1-15(2)9-16-5-6-19-18-7-8-21-20-13-35-14-31(21,22(18)11-23(32)26(19)25(16)28(33)34)12-17-10-24-29(36-27(17)20)38-30(3,4)37-24/h11,15-21,24-27,29H,5-10,12-14H2,1-4H3,(H,33,34)/t16?,17-,18?,19?,20?,21?,24-,25?,26?,27+,29+,31+/m1/s1. The first kappa shape index (κ1) is 25.7. The highest BCUT2D eigenvalue weighted by atomic mass is 16.8. The van der Waals surface area contributed by atoms with Gasteiger partial charge in [-0.15, -0.1) is 0 Å². The first-order chi connectivity index (χ1) is 18.1. The Labute approximate surface area is 226 Å². The molecular formula is C31H44O7. The number of carbonyl (C=O) groups is 2. The largest absolute Gasteiger partial charge is 0.481 e. The molecule has 7 nitrogen and oxygen atoms in total. The van der Waals surface area contributed by atoms with Crippen LogP contribution in [0.25, 0.3) is 0 Å². The summed E-state index contributed by atoms with van der Waals surface area (Å²) in [6, 6.07) is 0. The minimum atomic E-state index is -0.778. The van der Waals surface area contributed by atoms with Crippen LogP contribution in [0.5, 0.6) is 0 Å². The van der Waals surface area contributed by atoms with Gasteiger partial charge in [-0.2, -0.15) is 0 Å². The van der Waals surface area contributed by atoms with Crippen LogP contribution in [0.3, 0.4) is 0 Å². The molecule has 3 saturated carbocycles. The number of carboxylic acids is 1. The lowest BCUT2D eigenvalue weighted by Crippen LogP contribution is -2.64. The summed E-state index contributed by atoms with van der Waals surface area (Å²) in [7, 11) is 0. The second-order valence-corrected chi connectivity index (χ2v) is 14.5. The molecule has 0 spiro atoms. The maximum atomic E-state index is 13.9. The van der Waals surface area contributed by atoms with Crippen molar-refractivity contribution in [2.24, 2.45) is 58.7 Å². The third-order valence-electron chi connectivity index (χ3n) is 11.6. The van der Waals surface area contributed by atoms with Crippen LogP contribution >= 0.6 is 0 Å². The first-order valence-corrected chi connectivity index (χ1v) is 15.2. The number of ether oxygens (including phenoxy) is 4. The molecule has 0 amide bonds. The van der Waals surface area contributed by atoms with Crippen LogP contribution in [0.4, 0.5) is 0 Å². The second kappa shape index (κ2) is 8.86. The number of fused-ring (bicyclic) bond motifs is 6. The van der Waals surface area contributed by atoms with E-state index in [-0.39, 0.29) is 53.4 Å². The number of hydrogen-bond acceptors (Lipinski definition) is 6. The predicted molar refractivity (Wildman–Crippen MR) is 138 cm³/mol. The minimum absolute atomic E-state index is 0.0564. The van der Waals surface area contributed by atoms with Crippen molar-refractivity contribution >= 4 is 11.8 Å². The Balaban J connectivity index is 1.22. The molecule has 2 bridgehead atoms. The molecule has 7 aliphatic rings. The van der Waals surface area contributed by atoms with Crippen molar-refractivity contribution in [1.29, 1.82) is 0 Å². The van der Waals surface area contributed by atoms with Gasteiger partial charge in [0.15, 0.2) is 17.9 Å². The minimum Gasteiger partial charge on any atom is -0.481 e. The molecule has 7 rings (SSSR count). The summed E-state index contributed by atoms with van der Waals surface area (Å²) in [5.41, 5.74) is 1.15.